The maximum Gasteiger partial charge on any atom is 0.325 e. The summed E-state index contributed by atoms with van der Waals surface area (Å²) in [6, 6.07) is 0. The summed E-state index contributed by atoms with van der Waals surface area (Å²) in [5.41, 5.74) is 0. The lowest BCUT2D eigenvalue weighted by molar-refractivity contribution is -0.153. The van der Waals surface area contributed by atoms with E-state index in [1.807, 2.05) is 0 Å². The highest BCUT2D eigenvalue weighted by Gasteiger charge is 2.33. The molecule has 0 radical (unpaired) electrons. The van der Waals surface area contributed by atoms with Crippen molar-refractivity contribution in [2.75, 3.05) is 33.9 Å². The van der Waals surface area contributed by atoms with E-state index in [2.05, 4.69) is 14.8 Å². The Balaban J connectivity index is 2.70. The Kier molecular flexibility index (Phi) is 5.28. The standard InChI is InChI=1S/C11H16N2O6/c1-18-9(15)5-13(6-10(16)19-2)11(17)7-3-8(14)12-4-7/h7H,3-6H2,1-2H3,(H,12,14). The minimum Gasteiger partial charge on any atom is -0.468 e. The van der Waals surface area contributed by atoms with Crippen LogP contribution < -0.4 is 5.32 Å². The van der Waals surface area contributed by atoms with E-state index in [4.69, 9.17) is 0 Å². The van der Waals surface area contributed by atoms with Crippen molar-refractivity contribution in [3.05, 3.63) is 0 Å². The first-order chi connectivity index (χ1) is 8.97. The van der Waals surface area contributed by atoms with Gasteiger partial charge in [-0.15, -0.1) is 0 Å². The molecular formula is C11H16N2O6. The molecule has 19 heavy (non-hydrogen) atoms. The van der Waals surface area contributed by atoms with E-state index in [9.17, 15) is 19.2 Å². The largest absolute Gasteiger partial charge is 0.468 e. The highest BCUT2D eigenvalue weighted by molar-refractivity contribution is 5.92. The molecule has 0 aromatic heterocycles. The Morgan fingerprint density at radius 3 is 2.11 bits per heavy atom. The molecule has 0 aromatic rings. The summed E-state index contributed by atoms with van der Waals surface area (Å²) >= 11 is 0. The van der Waals surface area contributed by atoms with Gasteiger partial charge in [-0.3, -0.25) is 19.2 Å². The number of amides is 2. The van der Waals surface area contributed by atoms with E-state index in [1.54, 1.807) is 0 Å². The van der Waals surface area contributed by atoms with Crippen molar-refractivity contribution in [2.24, 2.45) is 5.92 Å². The number of hydrogen-bond donors (Lipinski definition) is 1. The lowest BCUT2D eigenvalue weighted by Gasteiger charge is -2.22. The fourth-order valence-electron chi connectivity index (χ4n) is 1.69. The van der Waals surface area contributed by atoms with Gasteiger partial charge in [-0.1, -0.05) is 0 Å². The van der Waals surface area contributed by atoms with Crippen molar-refractivity contribution in [2.45, 2.75) is 6.42 Å². The molecule has 1 N–H and O–H groups in total. The summed E-state index contributed by atoms with van der Waals surface area (Å²) in [5.74, 6) is -2.53. The van der Waals surface area contributed by atoms with E-state index >= 15 is 0 Å². The molecule has 0 bridgehead atoms. The molecule has 1 heterocycles. The average Bonchev–Trinajstić information content (AvgIpc) is 2.83. The minimum atomic E-state index is -0.644. The van der Waals surface area contributed by atoms with E-state index in [1.165, 1.54) is 14.2 Å². The molecular weight excluding hydrogens is 256 g/mol. The summed E-state index contributed by atoms with van der Waals surface area (Å²) < 4.78 is 8.92. The predicted molar refractivity (Wildman–Crippen MR) is 61.7 cm³/mol. The molecule has 1 aliphatic heterocycles. The Morgan fingerprint density at radius 2 is 1.74 bits per heavy atom. The number of carbonyl (C=O) groups excluding carboxylic acids is 4. The van der Waals surface area contributed by atoms with Gasteiger partial charge in [0.05, 0.1) is 20.1 Å². The number of methoxy groups -OCH3 is 2. The Bertz CT molecular complexity index is 377. The first-order valence-corrected chi connectivity index (χ1v) is 5.67. The SMILES string of the molecule is COC(=O)CN(CC(=O)OC)C(=O)C1CNC(=O)C1. The zero-order valence-corrected chi connectivity index (χ0v) is 10.8. The number of rotatable bonds is 5. The van der Waals surface area contributed by atoms with Crippen LogP contribution in [0.2, 0.25) is 0 Å². The summed E-state index contributed by atoms with van der Waals surface area (Å²) in [6.07, 6.45) is 0.0533. The molecule has 2 amide bonds. The number of esters is 2. The highest BCUT2D eigenvalue weighted by Crippen LogP contribution is 2.13. The van der Waals surface area contributed by atoms with Gasteiger partial charge in [0.2, 0.25) is 11.8 Å². The number of nitrogens with one attached hydrogen (secondary N) is 1. The summed E-state index contributed by atoms with van der Waals surface area (Å²) in [6.45, 7) is -0.499. The van der Waals surface area contributed by atoms with Crippen LogP contribution in [-0.2, 0) is 28.7 Å². The van der Waals surface area contributed by atoms with Crippen molar-refractivity contribution in [3.63, 3.8) is 0 Å². The third-order valence-electron chi connectivity index (χ3n) is 2.73. The topological polar surface area (TPSA) is 102 Å². The lowest BCUT2D eigenvalue weighted by atomic mass is 10.1. The summed E-state index contributed by atoms with van der Waals surface area (Å²) in [7, 11) is 2.37. The maximum absolute atomic E-state index is 12.1. The number of nitrogens with zero attached hydrogens (tertiary/aromatic N) is 1. The summed E-state index contributed by atoms with van der Waals surface area (Å²) in [4.78, 5) is 46.7. The Morgan fingerprint density at radius 1 is 1.21 bits per heavy atom. The smallest absolute Gasteiger partial charge is 0.325 e. The van der Waals surface area contributed by atoms with E-state index in [0.29, 0.717) is 0 Å². The van der Waals surface area contributed by atoms with Crippen molar-refractivity contribution < 1.29 is 28.7 Å². The van der Waals surface area contributed by atoms with Crippen LogP contribution in [0.1, 0.15) is 6.42 Å². The molecule has 1 aliphatic rings. The van der Waals surface area contributed by atoms with Crippen LogP contribution in [0.3, 0.4) is 0 Å². The Hall–Kier alpha value is -2.12. The quantitative estimate of drug-likeness (QED) is 0.598. The molecule has 1 fully saturated rings. The molecule has 0 spiro atoms. The average molecular weight is 272 g/mol. The van der Waals surface area contributed by atoms with Gasteiger partial charge in [-0.05, 0) is 0 Å². The molecule has 1 unspecified atom stereocenters. The molecule has 1 atom stereocenters. The van der Waals surface area contributed by atoms with Gasteiger partial charge in [0, 0.05) is 13.0 Å². The van der Waals surface area contributed by atoms with Crippen LogP contribution >= 0.6 is 0 Å². The van der Waals surface area contributed by atoms with Crippen molar-refractivity contribution in [3.8, 4) is 0 Å². The van der Waals surface area contributed by atoms with Crippen LogP contribution in [0.4, 0.5) is 0 Å². The van der Waals surface area contributed by atoms with E-state index in [0.717, 1.165) is 4.90 Å². The molecule has 1 saturated heterocycles. The van der Waals surface area contributed by atoms with Gasteiger partial charge in [0.25, 0.3) is 0 Å². The number of ether oxygens (including phenoxy) is 2. The number of hydrogen-bond acceptors (Lipinski definition) is 6. The van der Waals surface area contributed by atoms with Gasteiger partial charge in [0.1, 0.15) is 13.1 Å². The third kappa shape index (κ3) is 4.23. The second-order valence-electron chi connectivity index (χ2n) is 4.05. The Labute approximate surface area is 110 Å². The van der Waals surface area contributed by atoms with Crippen LogP contribution in [-0.4, -0.2) is 62.5 Å². The molecule has 106 valence electrons. The monoisotopic (exact) mass is 272 g/mol. The van der Waals surface area contributed by atoms with Crippen LogP contribution in [0.15, 0.2) is 0 Å². The highest BCUT2D eigenvalue weighted by atomic mass is 16.5. The van der Waals surface area contributed by atoms with Crippen molar-refractivity contribution in [1.29, 1.82) is 0 Å². The van der Waals surface area contributed by atoms with Crippen LogP contribution in [0, 0.1) is 5.92 Å². The zero-order chi connectivity index (χ0) is 14.4. The predicted octanol–water partition coefficient (Wildman–Crippen LogP) is -1.70. The van der Waals surface area contributed by atoms with Crippen molar-refractivity contribution in [1.82, 2.24) is 10.2 Å². The van der Waals surface area contributed by atoms with Gasteiger partial charge in [0.15, 0.2) is 0 Å². The maximum atomic E-state index is 12.1. The van der Waals surface area contributed by atoms with Crippen LogP contribution in [0.5, 0.6) is 0 Å². The molecule has 0 aromatic carbocycles. The van der Waals surface area contributed by atoms with Crippen molar-refractivity contribution >= 4 is 23.8 Å². The fraction of sp³-hybridized carbons (Fsp3) is 0.636. The van der Waals surface area contributed by atoms with E-state index in [-0.39, 0.29) is 32.0 Å². The van der Waals surface area contributed by atoms with Gasteiger partial charge in [-0.25, -0.2) is 0 Å². The third-order valence-corrected chi connectivity index (χ3v) is 2.73. The summed E-state index contributed by atoms with van der Waals surface area (Å²) in [5, 5.41) is 2.52. The molecule has 8 heteroatoms. The van der Waals surface area contributed by atoms with Gasteiger partial charge < -0.3 is 19.7 Å². The second kappa shape index (κ2) is 6.72. The lowest BCUT2D eigenvalue weighted by Crippen LogP contribution is -2.43. The van der Waals surface area contributed by atoms with Gasteiger partial charge >= 0.3 is 11.9 Å². The zero-order valence-electron chi connectivity index (χ0n) is 10.8. The second-order valence-corrected chi connectivity index (χ2v) is 4.05. The van der Waals surface area contributed by atoms with E-state index < -0.39 is 23.8 Å². The molecule has 1 rings (SSSR count). The van der Waals surface area contributed by atoms with Crippen LogP contribution in [0.25, 0.3) is 0 Å². The minimum absolute atomic E-state index is 0.0533. The molecule has 0 saturated carbocycles. The molecule has 0 aliphatic carbocycles. The number of carbonyl (C=O) groups is 4. The normalized spacial score (nSPS) is 17.6. The first-order valence-electron chi connectivity index (χ1n) is 5.67. The molecule has 8 nitrogen and oxygen atoms in total. The van der Waals surface area contributed by atoms with Gasteiger partial charge in [-0.2, -0.15) is 0 Å². The fourth-order valence-corrected chi connectivity index (χ4v) is 1.69. The first kappa shape index (κ1) is 14.9.